The van der Waals surface area contributed by atoms with Crippen LogP contribution in [0.15, 0.2) is 0 Å². The van der Waals surface area contributed by atoms with Gasteiger partial charge in [-0.15, -0.1) is 0 Å². The van der Waals surface area contributed by atoms with Crippen molar-refractivity contribution in [3.05, 3.63) is 0 Å². The second kappa shape index (κ2) is 7.42. The summed E-state index contributed by atoms with van der Waals surface area (Å²) in [6.45, 7) is 6.32. The van der Waals surface area contributed by atoms with Gasteiger partial charge in [-0.2, -0.15) is 0 Å². The van der Waals surface area contributed by atoms with Crippen molar-refractivity contribution in [2.75, 3.05) is 0 Å². The molecule has 0 aromatic rings. The highest BCUT2D eigenvalue weighted by atomic mass is 31.2. The molecule has 0 heterocycles. The molecular weight excluding hydrogens is 247 g/mol. The lowest BCUT2D eigenvalue weighted by Crippen LogP contribution is -2.47. The van der Waals surface area contributed by atoms with Crippen LogP contribution in [0.25, 0.3) is 0 Å². The van der Waals surface area contributed by atoms with E-state index in [0.717, 1.165) is 0 Å². The predicted octanol–water partition coefficient (Wildman–Crippen LogP) is 0.268. The molecule has 7 nitrogen and oxygen atoms in total. The van der Waals surface area contributed by atoms with Gasteiger partial charge < -0.3 is 25.2 Å². The fraction of sp³-hybridized carbons (Fsp3) is 0.778. The van der Waals surface area contributed by atoms with E-state index >= 15 is 0 Å². The van der Waals surface area contributed by atoms with E-state index in [1.165, 1.54) is 13.8 Å². The number of hydrogen-bond donors (Lipinski definition) is 4. The minimum absolute atomic E-state index is 0.271. The molecule has 0 spiro atoms. The van der Waals surface area contributed by atoms with Crippen molar-refractivity contribution < 1.29 is 24.1 Å². The highest BCUT2D eigenvalue weighted by Gasteiger charge is 2.21. The van der Waals surface area contributed by atoms with E-state index in [2.05, 4.69) is 10.6 Å². The van der Waals surface area contributed by atoms with Gasteiger partial charge in [-0.1, -0.05) is 0 Å². The molecule has 0 aliphatic carbocycles. The van der Waals surface area contributed by atoms with Crippen molar-refractivity contribution in [1.82, 2.24) is 10.6 Å². The summed E-state index contributed by atoms with van der Waals surface area (Å²) in [5.41, 5.74) is 0. The van der Waals surface area contributed by atoms with Gasteiger partial charge in [0, 0.05) is 0 Å². The molecule has 8 heteroatoms. The number of nitrogens with one attached hydrogen (secondary N) is 2. The van der Waals surface area contributed by atoms with E-state index in [9.17, 15) is 9.59 Å². The Kier molecular flexibility index (Phi) is 7.03. The van der Waals surface area contributed by atoms with Gasteiger partial charge >= 0.3 is 6.09 Å². The van der Waals surface area contributed by atoms with Crippen LogP contribution in [-0.4, -0.2) is 39.7 Å². The Morgan fingerprint density at radius 3 is 2.06 bits per heavy atom. The standard InChI is InChI=1S/C9H19N2O5P/c1-5(2)16-9(13)10-6(3)8(12)11-7(4)17(14)15/h5-7,14-15H,1-4H3,(H,10,13)(H,11,12)/t6-,7?/m0/s1. The topological polar surface area (TPSA) is 108 Å². The van der Waals surface area contributed by atoms with Crippen LogP contribution in [0.4, 0.5) is 4.79 Å². The minimum atomic E-state index is -2.23. The smallest absolute Gasteiger partial charge is 0.408 e. The summed E-state index contributed by atoms with van der Waals surface area (Å²) in [7, 11) is -2.23. The van der Waals surface area contributed by atoms with Crippen molar-refractivity contribution in [3.63, 3.8) is 0 Å². The third-order valence-electron chi connectivity index (χ3n) is 1.77. The molecule has 2 atom stereocenters. The number of amides is 2. The van der Waals surface area contributed by atoms with E-state index in [0.29, 0.717) is 0 Å². The fourth-order valence-electron chi connectivity index (χ4n) is 0.879. The first kappa shape index (κ1) is 16.1. The van der Waals surface area contributed by atoms with Crippen LogP contribution >= 0.6 is 8.38 Å². The summed E-state index contributed by atoms with van der Waals surface area (Å²) in [6.07, 6.45) is -0.961. The first-order valence-electron chi connectivity index (χ1n) is 5.18. The van der Waals surface area contributed by atoms with Crippen LogP contribution in [0.1, 0.15) is 27.7 Å². The Morgan fingerprint density at radius 2 is 1.65 bits per heavy atom. The van der Waals surface area contributed by atoms with E-state index in [4.69, 9.17) is 14.5 Å². The van der Waals surface area contributed by atoms with Crippen LogP contribution in [0.5, 0.6) is 0 Å². The fourth-order valence-corrected chi connectivity index (χ4v) is 1.12. The normalized spacial score (nSPS) is 14.4. The molecule has 0 bridgehead atoms. The van der Waals surface area contributed by atoms with Crippen molar-refractivity contribution in [1.29, 1.82) is 0 Å². The lowest BCUT2D eigenvalue weighted by atomic mass is 10.3. The van der Waals surface area contributed by atoms with Gasteiger partial charge in [-0.25, -0.2) is 4.79 Å². The van der Waals surface area contributed by atoms with Crippen LogP contribution < -0.4 is 10.6 Å². The first-order chi connectivity index (χ1) is 7.73. The van der Waals surface area contributed by atoms with Crippen LogP contribution in [0.2, 0.25) is 0 Å². The predicted molar refractivity (Wildman–Crippen MR) is 63.2 cm³/mol. The summed E-state index contributed by atoms with van der Waals surface area (Å²) in [5, 5.41) is 4.68. The lowest BCUT2D eigenvalue weighted by molar-refractivity contribution is -0.122. The molecule has 0 saturated heterocycles. The summed E-state index contributed by atoms with van der Waals surface area (Å²) >= 11 is 0. The average molecular weight is 266 g/mol. The summed E-state index contributed by atoms with van der Waals surface area (Å²) < 4.78 is 4.80. The maximum absolute atomic E-state index is 11.5. The van der Waals surface area contributed by atoms with Crippen LogP contribution in [0, 0.1) is 0 Å². The number of ether oxygens (including phenoxy) is 1. The largest absolute Gasteiger partial charge is 0.447 e. The highest BCUT2D eigenvalue weighted by molar-refractivity contribution is 7.45. The van der Waals surface area contributed by atoms with Crippen LogP contribution in [0.3, 0.4) is 0 Å². The average Bonchev–Trinajstić information content (AvgIpc) is 2.15. The monoisotopic (exact) mass is 266 g/mol. The molecule has 0 aromatic heterocycles. The maximum Gasteiger partial charge on any atom is 0.408 e. The minimum Gasteiger partial charge on any atom is -0.447 e. The second-order valence-corrected chi connectivity index (χ2v) is 5.24. The third kappa shape index (κ3) is 7.10. The number of carbonyl (C=O) groups is 2. The van der Waals surface area contributed by atoms with Gasteiger partial charge in [-0.05, 0) is 27.7 Å². The van der Waals surface area contributed by atoms with Gasteiger partial charge in [0.05, 0.1) is 11.9 Å². The quantitative estimate of drug-likeness (QED) is 0.534. The second-order valence-electron chi connectivity index (χ2n) is 3.83. The Bertz CT molecular complexity index is 272. The van der Waals surface area contributed by atoms with Crippen LogP contribution in [-0.2, 0) is 9.53 Å². The van der Waals surface area contributed by atoms with Gasteiger partial charge in [0.2, 0.25) is 5.91 Å². The molecule has 0 aromatic carbocycles. The molecule has 0 radical (unpaired) electrons. The molecule has 4 N–H and O–H groups in total. The Balaban J connectivity index is 4.10. The van der Waals surface area contributed by atoms with Gasteiger partial charge in [0.15, 0.2) is 8.38 Å². The van der Waals surface area contributed by atoms with E-state index in [1.807, 2.05) is 0 Å². The highest BCUT2D eigenvalue weighted by Crippen LogP contribution is 2.27. The Morgan fingerprint density at radius 1 is 1.12 bits per heavy atom. The van der Waals surface area contributed by atoms with E-state index in [1.54, 1.807) is 13.8 Å². The summed E-state index contributed by atoms with van der Waals surface area (Å²) in [5.74, 6) is -1.25. The zero-order valence-electron chi connectivity index (χ0n) is 10.3. The van der Waals surface area contributed by atoms with Crippen molar-refractivity contribution in [2.45, 2.75) is 45.6 Å². The molecule has 0 aliphatic rings. The molecule has 0 fully saturated rings. The zero-order chi connectivity index (χ0) is 13.6. The molecule has 0 rings (SSSR count). The number of hydrogen-bond acceptors (Lipinski definition) is 5. The molecule has 2 amide bonds. The maximum atomic E-state index is 11.5. The molecule has 17 heavy (non-hydrogen) atoms. The van der Waals surface area contributed by atoms with E-state index < -0.39 is 32.2 Å². The lowest BCUT2D eigenvalue weighted by Gasteiger charge is -2.19. The SMILES string of the molecule is CC(C)OC(=O)N[C@@H](C)C(=O)NC(C)P(O)O. The molecule has 1 unspecified atom stereocenters. The van der Waals surface area contributed by atoms with Gasteiger partial charge in [0.1, 0.15) is 6.04 Å². The van der Waals surface area contributed by atoms with Gasteiger partial charge in [-0.3, -0.25) is 4.79 Å². The van der Waals surface area contributed by atoms with Gasteiger partial charge in [0.25, 0.3) is 0 Å². The summed E-state index contributed by atoms with van der Waals surface area (Å²) in [6, 6.07) is -0.807. The van der Waals surface area contributed by atoms with Crippen molar-refractivity contribution in [3.8, 4) is 0 Å². The molecule has 0 saturated carbocycles. The number of rotatable bonds is 5. The van der Waals surface area contributed by atoms with Crippen molar-refractivity contribution >= 4 is 20.4 Å². The summed E-state index contributed by atoms with van der Waals surface area (Å²) in [4.78, 5) is 40.4. The zero-order valence-corrected chi connectivity index (χ0v) is 11.2. The molecule has 100 valence electrons. The first-order valence-corrected chi connectivity index (χ1v) is 6.50. The Hall–Kier alpha value is -0.910. The molecule has 0 aliphatic heterocycles. The number of alkyl carbamates (subject to hydrolysis) is 1. The third-order valence-corrected chi connectivity index (χ3v) is 2.59. The Labute approximate surface area is 101 Å². The van der Waals surface area contributed by atoms with Crippen molar-refractivity contribution in [2.24, 2.45) is 0 Å². The molecular formula is C9H19N2O5P. The number of carbonyl (C=O) groups excluding carboxylic acids is 2. The van der Waals surface area contributed by atoms with E-state index in [-0.39, 0.29) is 6.10 Å².